The highest BCUT2D eigenvalue weighted by atomic mass is 16.5. The number of nitrogen functional groups attached to an aromatic ring is 1. The fraction of sp³-hybridized carbons (Fsp3) is 0.312. The molecule has 0 saturated heterocycles. The van der Waals surface area contributed by atoms with Crippen LogP contribution in [0.4, 0.5) is 5.82 Å². The van der Waals surface area contributed by atoms with Crippen LogP contribution in [0.15, 0.2) is 36.5 Å². The second-order valence-electron chi connectivity index (χ2n) is 4.75. The van der Waals surface area contributed by atoms with Crippen molar-refractivity contribution in [1.82, 2.24) is 10.3 Å². The van der Waals surface area contributed by atoms with Crippen molar-refractivity contribution < 1.29 is 9.47 Å². The maximum atomic E-state index is 5.73. The van der Waals surface area contributed by atoms with Gasteiger partial charge in [0.25, 0.3) is 0 Å². The Kier molecular flexibility index (Phi) is 5.00. The van der Waals surface area contributed by atoms with Gasteiger partial charge in [-0.15, -0.1) is 0 Å². The third-order valence-electron chi connectivity index (χ3n) is 3.44. The summed E-state index contributed by atoms with van der Waals surface area (Å²) in [4.78, 5) is 4.02. The van der Waals surface area contributed by atoms with Crippen molar-refractivity contribution in [1.29, 1.82) is 0 Å². The third kappa shape index (κ3) is 3.64. The molecule has 1 aromatic carbocycles. The van der Waals surface area contributed by atoms with Crippen molar-refractivity contribution in [2.75, 3.05) is 27.0 Å². The van der Waals surface area contributed by atoms with E-state index in [4.69, 9.17) is 15.2 Å². The van der Waals surface area contributed by atoms with Crippen molar-refractivity contribution in [2.45, 2.75) is 12.5 Å². The first-order chi connectivity index (χ1) is 10.2. The van der Waals surface area contributed by atoms with Gasteiger partial charge < -0.3 is 20.5 Å². The molecule has 5 nitrogen and oxygen atoms in total. The van der Waals surface area contributed by atoms with Crippen molar-refractivity contribution in [2.24, 2.45) is 0 Å². The minimum absolute atomic E-state index is 0.159. The molecule has 1 unspecified atom stereocenters. The summed E-state index contributed by atoms with van der Waals surface area (Å²) in [7, 11) is 5.21. The molecule has 1 atom stereocenters. The maximum absolute atomic E-state index is 5.73. The van der Waals surface area contributed by atoms with E-state index in [-0.39, 0.29) is 6.04 Å². The second kappa shape index (κ2) is 6.95. The molecule has 0 spiro atoms. The number of nitrogens with one attached hydrogen (secondary N) is 1. The van der Waals surface area contributed by atoms with Crippen molar-refractivity contribution in [3.8, 4) is 11.5 Å². The molecule has 1 heterocycles. The molecule has 5 heteroatoms. The quantitative estimate of drug-likeness (QED) is 0.852. The van der Waals surface area contributed by atoms with E-state index in [0.29, 0.717) is 5.82 Å². The lowest BCUT2D eigenvalue weighted by Crippen LogP contribution is -2.19. The number of methoxy groups -OCH3 is 2. The number of likely N-dealkylation sites (N-methyl/N-ethyl adjacent to an activating group) is 1. The average Bonchev–Trinajstić information content (AvgIpc) is 2.52. The van der Waals surface area contributed by atoms with Gasteiger partial charge in [0.15, 0.2) is 11.5 Å². The normalized spacial score (nSPS) is 12.0. The molecule has 112 valence electrons. The summed E-state index contributed by atoms with van der Waals surface area (Å²) < 4.78 is 10.6. The number of nitrogens with two attached hydrogens (primary N) is 1. The Bertz CT molecular complexity index is 602. The molecule has 0 bridgehead atoms. The van der Waals surface area contributed by atoms with Crippen molar-refractivity contribution in [3.63, 3.8) is 0 Å². The molecule has 2 aromatic rings. The predicted octanol–water partition coefficient (Wildman–Crippen LogP) is 2.18. The summed E-state index contributed by atoms with van der Waals surface area (Å²) in [5, 5.41) is 3.32. The van der Waals surface area contributed by atoms with Gasteiger partial charge in [-0.3, -0.25) is 0 Å². The van der Waals surface area contributed by atoms with Crippen LogP contribution in [0.5, 0.6) is 11.5 Å². The van der Waals surface area contributed by atoms with E-state index in [0.717, 1.165) is 29.0 Å². The van der Waals surface area contributed by atoms with Gasteiger partial charge in [0.1, 0.15) is 5.82 Å². The minimum atomic E-state index is 0.159. The molecular formula is C16H21N3O2. The Labute approximate surface area is 125 Å². The minimum Gasteiger partial charge on any atom is -0.493 e. The van der Waals surface area contributed by atoms with Crippen LogP contribution in [0.1, 0.15) is 17.2 Å². The highest BCUT2D eigenvalue weighted by Gasteiger charge is 2.13. The summed E-state index contributed by atoms with van der Waals surface area (Å²) in [5.41, 5.74) is 8.00. The summed E-state index contributed by atoms with van der Waals surface area (Å²) in [6.07, 6.45) is 2.55. The molecule has 1 aromatic heterocycles. The number of benzene rings is 1. The number of rotatable bonds is 6. The van der Waals surface area contributed by atoms with E-state index < -0.39 is 0 Å². The van der Waals surface area contributed by atoms with Gasteiger partial charge in [-0.05, 0) is 48.9 Å². The van der Waals surface area contributed by atoms with Gasteiger partial charge in [0.2, 0.25) is 0 Å². The first-order valence-corrected chi connectivity index (χ1v) is 6.77. The SMILES string of the molecule is CNC(Cc1ccnc(N)c1)c1ccc(OC)c(OC)c1. The summed E-state index contributed by atoms with van der Waals surface area (Å²) in [6.45, 7) is 0. The Hall–Kier alpha value is -2.27. The number of hydrogen-bond donors (Lipinski definition) is 2. The van der Waals surface area contributed by atoms with Gasteiger partial charge in [-0.25, -0.2) is 4.98 Å². The summed E-state index contributed by atoms with van der Waals surface area (Å²) in [6, 6.07) is 9.97. The highest BCUT2D eigenvalue weighted by Crippen LogP contribution is 2.31. The van der Waals surface area contributed by atoms with Crippen molar-refractivity contribution in [3.05, 3.63) is 47.7 Å². The number of ether oxygens (including phenoxy) is 2. The smallest absolute Gasteiger partial charge is 0.161 e. The zero-order chi connectivity index (χ0) is 15.2. The lowest BCUT2D eigenvalue weighted by atomic mass is 9.99. The first kappa shape index (κ1) is 15.1. The van der Waals surface area contributed by atoms with Crippen LogP contribution in [0.3, 0.4) is 0 Å². The number of anilines is 1. The molecule has 2 rings (SSSR count). The largest absolute Gasteiger partial charge is 0.493 e. The molecule has 0 amide bonds. The summed E-state index contributed by atoms with van der Waals surface area (Å²) >= 11 is 0. The molecule has 0 aliphatic rings. The topological polar surface area (TPSA) is 69.4 Å². The van der Waals surface area contributed by atoms with Gasteiger partial charge in [0, 0.05) is 12.2 Å². The Balaban J connectivity index is 2.25. The fourth-order valence-electron chi connectivity index (χ4n) is 2.31. The van der Waals surface area contributed by atoms with E-state index >= 15 is 0 Å². The van der Waals surface area contributed by atoms with E-state index in [9.17, 15) is 0 Å². The Morgan fingerprint density at radius 3 is 2.52 bits per heavy atom. The monoisotopic (exact) mass is 287 g/mol. The molecular weight excluding hydrogens is 266 g/mol. The lowest BCUT2D eigenvalue weighted by molar-refractivity contribution is 0.354. The maximum Gasteiger partial charge on any atom is 0.161 e. The van der Waals surface area contributed by atoms with E-state index in [2.05, 4.69) is 10.3 Å². The third-order valence-corrected chi connectivity index (χ3v) is 3.44. The summed E-state index contributed by atoms with van der Waals surface area (Å²) in [5.74, 6) is 1.99. The highest BCUT2D eigenvalue weighted by molar-refractivity contribution is 5.44. The predicted molar refractivity (Wildman–Crippen MR) is 83.7 cm³/mol. The van der Waals surface area contributed by atoms with Crippen LogP contribution in [-0.4, -0.2) is 26.3 Å². The lowest BCUT2D eigenvalue weighted by Gasteiger charge is -2.18. The van der Waals surface area contributed by atoms with Crippen LogP contribution in [0, 0.1) is 0 Å². The Morgan fingerprint density at radius 1 is 1.14 bits per heavy atom. The van der Waals surface area contributed by atoms with Crippen LogP contribution >= 0.6 is 0 Å². The number of hydrogen-bond acceptors (Lipinski definition) is 5. The number of pyridine rings is 1. The second-order valence-corrected chi connectivity index (χ2v) is 4.75. The molecule has 3 N–H and O–H groups in total. The fourth-order valence-corrected chi connectivity index (χ4v) is 2.31. The van der Waals surface area contributed by atoms with Crippen LogP contribution in [0.25, 0.3) is 0 Å². The number of nitrogens with zero attached hydrogens (tertiary/aromatic N) is 1. The molecule has 21 heavy (non-hydrogen) atoms. The molecule has 0 radical (unpaired) electrons. The molecule has 0 aliphatic heterocycles. The zero-order valence-corrected chi connectivity index (χ0v) is 12.6. The van der Waals surface area contributed by atoms with E-state index in [1.165, 1.54) is 0 Å². The Morgan fingerprint density at radius 2 is 1.90 bits per heavy atom. The van der Waals surface area contributed by atoms with Crippen LogP contribution < -0.4 is 20.5 Å². The van der Waals surface area contributed by atoms with Crippen LogP contribution in [-0.2, 0) is 6.42 Å². The van der Waals surface area contributed by atoms with Gasteiger partial charge in [-0.1, -0.05) is 6.07 Å². The van der Waals surface area contributed by atoms with Crippen LogP contribution in [0.2, 0.25) is 0 Å². The molecule has 0 aliphatic carbocycles. The zero-order valence-electron chi connectivity index (χ0n) is 12.6. The van der Waals surface area contributed by atoms with Crippen molar-refractivity contribution >= 4 is 5.82 Å². The van der Waals surface area contributed by atoms with E-state index in [1.54, 1.807) is 20.4 Å². The van der Waals surface area contributed by atoms with Gasteiger partial charge >= 0.3 is 0 Å². The standard InChI is InChI=1S/C16H21N3O2/c1-18-13(8-11-6-7-19-16(17)9-11)12-4-5-14(20-2)15(10-12)21-3/h4-7,9-10,13,18H,8H2,1-3H3,(H2,17,19). The average molecular weight is 287 g/mol. The van der Waals surface area contributed by atoms with Gasteiger partial charge in [-0.2, -0.15) is 0 Å². The molecule has 0 fully saturated rings. The van der Waals surface area contributed by atoms with E-state index in [1.807, 2.05) is 37.4 Å². The molecule has 0 saturated carbocycles. The number of aromatic nitrogens is 1. The first-order valence-electron chi connectivity index (χ1n) is 6.77. The van der Waals surface area contributed by atoms with Gasteiger partial charge in [0.05, 0.1) is 14.2 Å².